The van der Waals surface area contributed by atoms with Crippen LogP contribution in [-0.4, -0.2) is 12.1 Å². The Labute approximate surface area is 192 Å². The molecule has 4 saturated carbocycles. The van der Waals surface area contributed by atoms with Gasteiger partial charge in [0.15, 0.2) is 0 Å². The van der Waals surface area contributed by atoms with Gasteiger partial charge in [-0.2, -0.15) is 0 Å². The van der Waals surface area contributed by atoms with Crippen molar-refractivity contribution in [3.8, 4) is 0 Å². The fourth-order valence-electron chi connectivity index (χ4n) is 10.1. The predicted molar refractivity (Wildman–Crippen MR) is 131 cm³/mol. The average molecular weight is 424 g/mol. The molecule has 0 aromatic carbocycles. The molecule has 5 aliphatic carbocycles. The lowest BCUT2D eigenvalue weighted by Crippen LogP contribution is -2.57. The highest BCUT2D eigenvalue weighted by Gasteiger charge is 2.49. The molecule has 174 valence electrons. The Kier molecular flexibility index (Phi) is 6.52. The molecular formula is C30H49N. The highest BCUT2D eigenvalue weighted by molar-refractivity contribution is 5.05. The summed E-state index contributed by atoms with van der Waals surface area (Å²) in [6.45, 7) is 0. The Hall–Kier alpha value is -0.300. The van der Waals surface area contributed by atoms with Crippen LogP contribution in [0, 0.1) is 47.3 Å². The van der Waals surface area contributed by atoms with Gasteiger partial charge in [0.05, 0.1) is 0 Å². The summed E-state index contributed by atoms with van der Waals surface area (Å²) >= 11 is 0. The van der Waals surface area contributed by atoms with Crippen LogP contribution in [-0.2, 0) is 0 Å². The molecule has 0 aromatic rings. The molecule has 0 aromatic heterocycles. The van der Waals surface area contributed by atoms with Crippen molar-refractivity contribution >= 4 is 0 Å². The van der Waals surface area contributed by atoms with E-state index in [0.717, 1.165) is 59.4 Å². The second-order valence-corrected chi connectivity index (χ2v) is 12.9. The maximum atomic E-state index is 4.44. The highest BCUT2D eigenvalue weighted by Crippen LogP contribution is 2.55. The van der Waals surface area contributed by atoms with Crippen molar-refractivity contribution in [1.29, 1.82) is 0 Å². The number of nitrogens with one attached hydrogen (secondary N) is 1. The lowest BCUT2D eigenvalue weighted by atomic mass is 9.52. The molecule has 6 aliphatic rings. The third kappa shape index (κ3) is 4.31. The molecular weight excluding hydrogens is 374 g/mol. The van der Waals surface area contributed by atoms with Gasteiger partial charge in [0, 0.05) is 12.1 Å². The summed E-state index contributed by atoms with van der Waals surface area (Å²) in [4.78, 5) is 0. The van der Waals surface area contributed by atoms with Gasteiger partial charge in [-0.3, -0.25) is 0 Å². The standard InChI is InChI=1S/C30H49N/c1-2-10-21(11-3-1)24-19-29(22-12-4-5-13-22)31-30(20-24)28-18-23-14-6-7-15-25(23)26-16-8-9-17-27(26)28/h2,10,21-31H,1,3-9,11-20H2/t21?,23?,24?,25-,26?,27?,28?,29?,30?/m0/s1. The summed E-state index contributed by atoms with van der Waals surface area (Å²) in [6, 6.07) is 1.68. The maximum Gasteiger partial charge on any atom is 0.0104 e. The number of hydrogen-bond donors (Lipinski definition) is 1. The number of hydrogen-bond acceptors (Lipinski definition) is 1. The Balaban J connectivity index is 1.25. The Morgan fingerprint density at radius 3 is 1.87 bits per heavy atom. The van der Waals surface area contributed by atoms with E-state index in [4.69, 9.17) is 0 Å². The SMILES string of the molecule is C1=CC(C2CC(C3CCCC3)NC(C3CC4CCCC[C@@H]4C4CCCCC34)C2)CCC1. The largest absolute Gasteiger partial charge is 0.311 e. The molecule has 0 bridgehead atoms. The molecule has 0 radical (unpaired) electrons. The molecule has 8 unspecified atom stereocenters. The first-order valence-corrected chi connectivity index (χ1v) is 14.8. The van der Waals surface area contributed by atoms with E-state index in [2.05, 4.69) is 17.5 Å². The third-order valence-electron chi connectivity index (χ3n) is 11.4. The summed E-state index contributed by atoms with van der Waals surface area (Å²) in [5.41, 5.74) is 0. The van der Waals surface area contributed by atoms with Crippen molar-refractivity contribution in [3.05, 3.63) is 12.2 Å². The fraction of sp³-hybridized carbons (Fsp3) is 0.933. The zero-order valence-electron chi connectivity index (χ0n) is 20.2. The van der Waals surface area contributed by atoms with Gasteiger partial charge in [-0.1, -0.05) is 57.1 Å². The van der Waals surface area contributed by atoms with Gasteiger partial charge in [-0.25, -0.2) is 0 Å². The van der Waals surface area contributed by atoms with Crippen LogP contribution in [0.25, 0.3) is 0 Å². The molecule has 9 atom stereocenters. The second-order valence-electron chi connectivity index (χ2n) is 12.9. The van der Waals surface area contributed by atoms with Gasteiger partial charge in [-0.05, 0) is 118 Å². The van der Waals surface area contributed by atoms with Crippen LogP contribution in [0.4, 0.5) is 0 Å². The zero-order chi connectivity index (χ0) is 20.6. The van der Waals surface area contributed by atoms with Crippen LogP contribution in [0.1, 0.15) is 116 Å². The van der Waals surface area contributed by atoms with E-state index in [1.165, 1.54) is 83.5 Å². The zero-order valence-corrected chi connectivity index (χ0v) is 20.2. The molecule has 6 rings (SSSR count). The topological polar surface area (TPSA) is 12.0 Å². The highest BCUT2D eigenvalue weighted by atomic mass is 15.0. The normalized spacial score (nSPS) is 48.8. The van der Waals surface area contributed by atoms with Gasteiger partial charge in [0.1, 0.15) is 0 Å². The summed E-state index contributed by atoms with van der Waals surface area (Å²) in [6.07, 6.45) is 32.5. The van der Waals surface area contributed by atoms with E-state index in [1.807, 2.05) is 0 Å². The molecule has 1 heterocycles. The Bertz CT molecular complexity index is 618. The summed E-state index contributed by atoms with van der Waals surface area (Å²) in [7, 11) is 0. The minimum atomic E-state index is 0.840. The monoisotopic (exact) mass is 423 g/mol. The van der Waals surface area contributed by atoms with E-state index in [0.29, 0.717) is 0 Å². The number of piperidine rings is 1. The predicted octanol–water partition coefficient (Wildman–Crippen LogP) is 7.90. The van der Waals surface area contributed by atoms with Crippen LogP contribution in [0.15, 0.2) is 12.2 Å². The van der Waals surface area contributed by atoms with Gasteiger partial charge >= 0.3 is 0 Å². The first-order valence-electron chi connectivity index (χ1n) is 14.8. The Morgan fingerprint density at radius 2 is 1.13 bits per heavy atom. The van der Waals surface area contributed by atoms with Gasteiger partial charge in [-0.15, -0.1) is 0 Å². The van der Waals surface area contributed by atoms with Crippen molar-refractivity contribution in [3.63, 3.8) is 0 Å². The summed E-state index contributed by atoms with van der Waals surface area (Å²) in [5, 5.41) is 4.44. The van der Waals surface area contributed by atoms with Crippen molar-refractivity contribution < 1.29 is 0 Å². The van der Waals surface area contributed by atoms with E-state index in [9.17, 15) is 0 Å². The quantitative estimate of drug-likeness (QED) is 0.455. The Morgan fingerprint density at radius 1 is 0.484 bits per heavy atom. The first kappa shape index (κ1) is 21.2. The van der Waals surface area contributed by atoms with E-state index in [-0.39, 0.29) is 0 Å². The molecule has 0 spiro atoms. The summed E-state index contributed by atoms with van der Waals surface area (Å²) in [5.74, 6) is 8.22. The number of allylic oxidation sites excluding steroid dienone is 2. The van der Waals surface area contributed by atoms with Crippen LogP contribution in [0.5, 0.6) is 0 Å². The van der Waals surface area contributed by atoms with E-state index in [1.54, 1.807) is 32.1 Å². The van der Waals surface area contributed by atoms with Crippen LogP contribution in [0.2, 0.25) is 0 Å². The van der Waals surface area contributed by atoms with Crippen LogP contribution < -0.4 is 5.32 Å². The van der Waals surface area contributed by atoms with Gasteiger partial charge in [0.2, 0.25) is 0 Å². The third-order valence-corrected chi connectivity index (χ3v) is 11.4. The fourth-order valence-corrected chi connectivity index (χ4v) is 10.1. The van der Waals surface area contributed by atoms with Crippen LogP contribution in [0.3, 0.4) is 0 Å². The molecule has 1 heteroatoms. The van der Waals surface area contributed by atoms with Crippen LogP contribution >= 0.6 is 0 Å². The second kappa shape index (κ2) is 9.52. The lowest BCUT2D eigenvalue weighted by molar-refractivity contribution is -0.0405. The van der Waals surface area contributed by atoms with Crippen molar-refractivity contribution in [1.82, 2.24) is 5.32 Å². The maximum absolute atomic E-state index is 4.44. The van der Waals surface area contributed by atoms with E-state index < -0.39 is 0 Å². The number of fused-ring (bicyclic) bond motifs is 3. The van der Waals surface area contributed by atoms with Crippen molar-refractivity contribution in [2.45, 2.75) is 128 Å². The molecule has 31 heavy (non-hydrogen) atoms. The minimum absolute atomic E-state index is 0.840. The van der Waals surface area contributed by atoms with Crippen molar-refractivity contribution in [2.75, 3.05) is 0 Å². The summed E-state index contributed by atoms with van der Waals surface area (Å²) < 4.78 is 0. The molecule has 0 amide bonds. The number of rotatable bonds is 3. The molecule has 5 fully saturated rings. The average Bonchev–Trinajstić information content (AvgIpc) is 3.39. The molecule has 1 nitrogen and oxygen atoms in total. The van der Waals surface area contributed by atoms with Gasteiger partial charge < -0.3 is 5.32 Å². The lowest BCUT2D eigenvalue weighted by Gasteiger charge is -2.55. The minimum Gasteiger partial charge on any atom is -0.311 e. The molecule has 1 saturated heterocycles. The van der Waals surface area contributed by atoms with E-state index >= 15 is 0 Å². The molecule has 1 aliphatic heterocycles. The molecule has 1 N–H and O–H groups in total. The van der Waals surface area contributed by atoms with Crippen molar-refractivity contribution in [2.24, 2.45) is 47.3 Å². The first-order chi connectivity index (χ1) is 15.4. The smallest absolute Gasteiger partial charge is 0.0104 e. The van der Waals surface area contributed by atoms with Gasteiger partial charge in [0.25, 0.3) is 0 Å².